The van der Waals surface area contributed by atoms with Crippen molar-refractivity contribution in [2.45, 2.75) is 19.0 Å². The topological polar surface area (TPSA) is 93.8 Å². The number of nitrogens with zero attached hydrogens (tertiary/aromatic N) is 2. The molecule has 0 bridgehead atoms. The first kappa shape index (κ1) is 26.2. The molecule has 1 saturated heterocycles. The Labute approximate surface area is 203 Å². The van der Waals surface area contributed by atoms with Gasteiger partial charge in [0, 0.05) is 37.3 Å². The fraction of sp³-hybridized carbons (Fsp3) is 0.318. The van der Waals surface area contributed by atoms with Gasteiger partial charge in [0.25, 0.3) is 5.91 Å². The standard InChI is InChI=1S/C22H22ClF4N5O3/c1-31-6-7-32(18(11-31)12-4-5-16(24)15(23)8-12)22(35)28-10-14-3-2-13(9-17(14)25)20(33)29-30-21(34)19(26)27/h2-5,8-9,18-19H,6-7,10-11H2,1H3,(H,28,35)(H,29,33)(H,30,34). The van der Waals surface area contributed by atoms with Crippen LogP contribution < -0.4 is 16.2 Å². The van der Waals surface area contributed by atoms with E-state index < -0.39 is 41.9 Å². The molecule has 1 aliphatic heterocycles. The molecule has 0 aliphatic carbocycles. The lowest BCUT2D eigenvalue weighted by Gasteiger charge is -2.40. The van der Waals surface area contributed by atoms with Gasteiger partial charge in [-0.25, -0.2) is 13.6 Å². The maximum absolute atomic E-state index is 14.5. The fourth-order valence-electron chi connectivity index (χ4n) is 3.52. The van der Waals surface area contributed by atoms with Crippen LogP contribution in [0.2, 0.25) is 5.02 Å². The lowest BCUT2D eigenvalue weighted by Crippen LogP contribution is -2.52. The molecule has 2 aromatic carbocycles. The average molecular weight is 516 g/mol. The van der Waals surface area contributed by atoms with Gasteiger partial charge in [0.15, 0.2) is 0 Å². The molecule has 8 nitrogen and oxygen atoms in total. The number of hydrogen-bond acceptors (Lipinski definition) is 4. The number of urea groups is 1. The van der Waals surface area contributed by atoms with Gasteiger partial charge in [0.2, 0.25) is 0 Å². The van der Waals surface area contributed by atoms with Crippen LogP contribution in [-0.4, -0.2) is 60.8 Å². The van der Waals surface area contributed by atoms with Crippen molar-refractivity contribution in [3.63, 3.8) is 0 Å². The Hall–Kier alpha value is -3.38. The highest BCUT2D eigenvalue weighted by molar-refractivity contribution is 6.30. The molecule has 0 radical (unpaired) electrons. The maximum atomic E-state index is 14.5. The average Bonchev–Trinajstić information content (AvgIpc) is 2.82. The van der Waals surface area contributed by atoms with E-state index in [-0.39, 0.29) is 22.7 Å². The highest BCUT2D eigenvalue weighted by Gasteiger charge is 2.30. The van der Waals surface area contributed by atoms with E-state index in [0.29, 0.717) is 25.2 Å². The Bertz CT molecular complexity index is 1120. The molecule has 3 rings (SSSR count). The van der Waals surface area contributed by atoms with E-state index in [9.17, 15) is 31.9 Å². The molecular formula is C22H22ClF4N5O3. The van der Waals surface area contributed by atoms with Gasteiger partial charge in [0.05, 0.1) is 11.1 Å². The highest BCUT2D eigenvalue weighted by atomic mass is 35.5. The Kier molecular flexibility index (Phi) is 8.52. The predicted octanol–water partition coefficient (Wildman–Crippen LogP) is 2.84. The zero-order valence-electron chi connectivity index (χ0n) is 18.5. The van der Waals surface area contributed by atoms with E-state index in [1.807, 2.05) is 11.9 Å². The molecule has 0 aromatic heterocycles. The SMILES string of the molecule is CN1CCN(C(=O)NCc2ccc(C(=O)NNC(=O)C(F)F)cc2F)C(c2ccc(F)c(Cl)c2)C1. The minimum absolute atomic E-state index is 0.0592. The number of alkyl halides is 2. The lowest BCUT2D eigenvalue weighted by atomic mass is 10.0. The summed E-state index contributed by atoms with van der Waals surface area (Å²) in [5, 5.41) is 2.57. The third-order valence-corrected chi connectivity index (χ3v) is 5.71. The second-order valence-corrected chi connectivity index (χ2v) is 8.26. The first-order valence-electron chi connectivity index (χ1n) is 10.4. The zero-order valence-corrected chi connectivity index (χ0v) is 19.2. The number of nitrogens with one attached hydrogen (secondary N) is 3. The van der Waals surface area contributed by atoms with E-state index in [2.05, 4.69) is 5.32 Å². The fourth-order valence-corrected chi connectivity index (χ4v) is 3.71. The summed E-state index contributed by atoms with van der Waals surface area (Å²) in [6.07, 6.45) is -3.32. The number of carbonyl (C=O) groups excluding carboxylic acids is 3. The molecule has 1 atom stereocenters. The zero-order chi connectivity index (χ0) is 25.7. The molecule has 1 unspecified atom stereocenters. The molecule has 3 N–H and O–H groups in total. The molecule has 1 aliphatic rings. The highest BCUT2D eigenvalue weighted by Crippen LogP contribution is 2.28. The first-order chi connectivity index (χ1) is 16.6. The molecule has 1 heterocycles. The Morgan fingerprint density at radius 3 is 2.46 bits per heavy atom. The number of hydrogen-bond donors (Lipinski definition) is 3. The second kappa shape index (κ2) is 11.4. The van der Waals surface area contributed by atoms with Crippen molar-refractivity contribution in [3.05, 3.63) is 69.7 Å². The Morgan fingerprint density at radius 2 is 1.80 bits per heavy atom. The van der Waals surface area contributed by atoms with Crippen molar-refractivity contribution in [2.75, 3.05) is 26.7 Å². The van der Waals surface area contributed by atoms with Crippen molar-refractivity contribution in [1.29, 1.82) is 0 Å². The molecule has 188 valence electrons. The van der Waals surface area contributed by atoms with Crippen LogP contribution in [0.5, 0.6) is 0 Å². The third-order valence-electron chi connectivity index (χ3n) is 5.42. The number of amides is 4. The summed E-state index contributed by atoms with van der Waals surface area (Å²) in [4.78, 5) is 39.2. The number of hydrazine groups is 1. The third kappa shape index (κ3) is 6.61. The smallest absolute Gasteiger partial charge is 0.318 e. The molecule has 4 amide bonds. The van der Waals surface area contributed by atoms with E-state index in [1.165, 1.54) is 29.7 Å². The van der Waals surface area contributed by atoms with E-state index in [1.54, 1.807) is 16.4 Å². The van der Waals surface area contributed by atoms with Crippen LogP contribution in [0, 0.1) is 11.6 Å². The quantitative estimate of drug-likeness (QED) is 0.422. The summed E-state index contributed by atoms with van der Waals surface area (Å²) in [6, 6.07) is 6.69. The van der Waals surface area contributed by atoms with Crippen LogP contribution in [0.15, 0.2) is 36.4 Å². The van der Waals surface area contributed by atoms with Crippen LogP contribution in [0.4, 0.5) is 22.4 Å². The van der Waals surface area contributed by atoms with Gasteiger partial charge in [-0.3, -0.25) is 20.4 Å². The largest absolute Gasteiger partial charge is 0.334 e. The van der Waals surface area contributed by atoms with Gasteiger partial charge in [0.1, 0.15) is 11.6 Å². The Morgan fingerprint density at radius 1 is 1.06 bits per heavy atom. The monoisotopic (exact) mass is 515 g/mol. The number of likely N-dealkylation sites (N-methyl/N-ethyl adjacent to an activating group) is 1. The number of piperazine rings is 1. The van der Waals surface area contributed by atoms with Crippen LogP contribution in [0.3, 0.4) is 0 Å². The molecular weight excluding hydrogens is 494 g/mol. The molecule has 13 heteroatoms. The van der Waals surface area contributed by atoms with Crippen molar-refractivity contribution in [3.8, 4) is 0 Å². The van der Waals surface area contributed by atoms with Crippen molar-refractivity contribution in [1.82, 2.24) is 26.0 Å². The maximum Gasteiger partial charge on any atom is 0.318 e. The van der Waals surface area contributed by atoms with Gasteiger partial charge in [-0.05, 0) is 36.9 Å². The second-order valence-electron chi connectivity index (χ2n) is 7.85. The van der Waals surface area contributed by atoms with E-state index in [4.69, 9.17) is 11.6 Å². The van der Waals surface area contributed by atoms with Crippen molar-refractivity contribution < 1.29 is 31.9 Å². The predicted molar refractivity (Wildman–Crippen MR) is 119 cm³/mol. The molecule has 0 saturated carbocycles. The summed E-state index contributed by atoms with van der Waals surface area (Å²) in [6.45, 7) is 1.25. The van der Waals surface area contributed by atoms with Gasteiger partial charge < -0.3 is 15.1 Å². The number of carbonyl (C=O) groups is 3. The number of halogens is 5. The lowest BCUT2D eigenvalue weighted by molar-refractivity contribution is -0.132. The summed E-state index contributed by atoms with van der Waals surface area (Å²) < 4.78 is 52.4. The van der Waals surface area contributed by atoms with Crippen LogP contribution in [0.1, 0.15) is 27.5 Å². The minimum Gasteiger partial charge on any atom is -0.334 e. The minimum atomic E-state index is -3.32. The number of rotatable bonds is 5. The van der Waals surface area contributed by atoms with Gasteiger partial charge in [-0.1, -0.05) is 23.7 Å². The molecule has 0 spiro atoms. The van der Waals surface area contributed by atoms with E-state index >= 15 is 0 Å². The molecule has 1 fully saturated rings. The van der Waals surface area contributed by atoms with Gasteiger partial charge >= 0.3 is 18.4 Å². The first-order valence-corrected chi connectivity index (χ1v) is 10.8. The number of benzene rings is 2. The van der Waals surface area contributed by atoms with Crippen molar-refractivity contribution in [2.24, 2.45) is 0 Å². The molecule has 2 aromatic rings. The summed E-state index contributed by atoms with van der Waals surface area (Å²) in [5.74, 6) is -4.09. The summed E-state index contributed by atoms with van der Waals surface area (Å²) >= 11 is 5.91. The van der Waals surface area contributed by atoms with E-state index in [0.717, 1.165) is 6.07 Å². The summed E-state index contributed by atoms with van der Waals surface area (Å²) in [7, 11) is 1.89. The van der Waals surface area contributed by atoms with Crippen molar-refractivity contribution >= 4 is 29.4 Å². The van der Waals surface area contributed by atoms with Crippen LogP contribution in [0.25, 0.3) is 0 Å². The van der Waals surface area contributed by atoms with Crippen LogP contribution >= 0.6 is 11.6 Å². The van der Waals surface area contributed by atoms with Crippen LogP contribution in [-0.2, 0) is 11.3 Å². The molecule has 35 heavy (non-hydrogen) atoms. The normalized spacial score (nSPS) is 16.2. The Balaban J connectivity index is 1.64. The summed E-state index contributed by atoms with van der Waals surface area (Å²) in [5.41, 5.74) is 3.77. The van der Waals surface area contributed by atoms with Gasteiger partial charge in [-0.2, -0.15) is 8.78 Å². The van der Waals surface area contributed by atoms with Gasteiger partial charge in [-0.15, -0.1) is 0 Å².